The van der Waals surface area contributed by atoms with Crippen LogP contribution in [-0.4, -0.2) is 19.1 Å². The first kappa shape index (κ1) is 12.7. The molecule has 98 valence electrons. The van der Waals surface area contributed by atoms with Crippen molar-refractivity contribution in [2.24, 2.45) is 0 Å². The minimum atomic E-state index is -4.07. The van der Waals surface area contributed by atoms with Crippen LogP contribution in [0.4, 0.5) is 20.2 Å². The zero-order valence-corrected chi connectivity index (χ0v) is 10.4. The fraction of sp³-hybridized carbons (Fsp3) is 0.300. The zero-order valence-electron chi connectivity index (χ0n) is 9.57. The van der Waals surface area contributed by atoms with Crippen molar-refractivity contribution in [1.29, 1.82) is 0 Å². The molecule has 0 radical (unpaired) electrons. The van der Waals surface area contributed by atoms with Gasteiger partial charge in [-0.2, -0.15) is 4.31 Å². The lowest BCUT2D eigenvalue weighted by molar-refractivity contribution is -0.120. The van der Waals surface area contributed by atoms with Crippen LogP contribution >= 0.6 is 0 Å². The Morgan fingerprint density at radius 2 is 1.83 bits per heavy atom. The fourth-order valence-electron chi connectivity index (χ4n) is 1.64. The Balaban J connectivity index is 2.67. The summed E-state index contributed by atoms with van der Waals surface area (Å²) >= 11 is 0. The van der Waals surface area contributed by atoms with Crippen LogP contribution < -0.4 is 10.0 Å². The number of benzene rings is 1. The first-order valence-electron chi connectivity index (χ1n) is 4.95. The third kappa shape index (κ3) is 1.29. The summed E-state index contributed by atoms with van der Waals surface area (Å²) in [6, 6.07) is 1.76. The van der Waals surface area contributed by atoms with Crippen LogP contribution in [0.3, 0.4) is 0 Å². The average molecular weight is 276 g/mol. The van der Waals surface area contributed by atoms with Gasteiger partial charge in [0.1, 0.15) is 5.69 Å². The van der Waals surface area contributed by atoms with E-state index in [0.717, 1.165) is 12.1 Å². The monoisotopic (exact) mass is 276 g/mol. The minimum Gasteiger partial charge on any atom is -0.397 e. The predicted molar refractivity (Wildman–Crippen MR) is 61.3 cm³/mol. The van der Waals surface area contributed by atoms with Gasteiger partial charge in [0.2, 0.25) is 0 Å². The number of hydrogen-bond donors (Lipinski definition) is 1. The SMILES string of the molecule is CC1(C)C(=O)N(c2c(N)ccc(F)c2F)S1(=O)=O. The lowest BCUT2D eigenvalue weighted by Gasteiger charge is -2.43. The second-order valence-electron chi connectivity index (χ2n) is 4.38. The molecule has 1 amide bonds. The maximum Gasteiger partial charge on any atom is 0.263 e. The van der Waals surface area contributed by atoms with Gasteiger partial charge >= 0.3 is 0 Å². The highest BCUT2D eigenvalue weighted by atomic mass is 32.2. The number of amides is 1. The third-order valence-electron chi connectivity index (χ3n) is 2.89. The van der Waals surface area contributed by atoms with Gasteiger partial charge in [-0.3, -0.25) is 4.79 Å². The van der Waals surface area contributed by atoms with Gasteiger partial charge in [0.25, 0.3) is 15.9 Å². The van der Waals surface area contributed by atoms with Crippen LogP contribution in [0.1, 0.15) is 13.8 Å². The van der Waals surface area contributed by atoms with Gasteiger partial charge < -0.3 is 5.73 Å². The number of halogens is 2. The van der Waals surface area contributed by atoms with E-state index in [1.807, 2.05) is 0 Å². The van der Waals surface area contributed by atoms with Gasteiger partial charge in [-0.25, -0.2) is 17.2 Å². The molecule has 1 aliphatic rings. The summed E-state index contributed by atoms with van der Waals surface area (Å²) in [6.07, 6.45) is 0. The van der Waals surface area contributed by atoms with Crippen LogP contribution in [0, 0.1) is 11.6 Å². The molecule has 0 aromatic heterocycles. The number of nitrogen functional groups attached to an aromatic ring is 1. The molecule has 0 spiro atoms. The maximum atomic E-state index is 13.6. The highest BCUT2D eigenvalue weighted by molar-refractivity contribution is 7.98. The van der Waals surface area contributed by atoms with Crippen molar-refractivity contribution >= 4 is 27.3 Å². The Bertz CT molecular complexity index is 655. The van der Waals surface area contributed by atoms with Crippen LogP contribution in [0.5, 0.6) is 0 Å². The summed E-state index contributed by atoms with van der Waals surface area (Å²) < 4.78 is 48.9. The zero-order chi connectivity index (χ0) is 13.9. The Morgan fingerprint density at radius 3 is 2.33 bits per heavy atom. The van der Waals surface area contributed by atoms with E-state index in [2.05, 4.69) is 0 Å². The molecular weight excluding hydrogens is 266 g/mol. The molecule has 1 aromatic rings. The molecule has 1 aliphatic heterocycles. The Kier molecular flexibility index (Phi) is 2.41. The number of nitrogens with two attached hydrogens (primary N) is 1. The molecule has 1 aromatic carbocycles. The molecule has 2 rings (SSSR count). The van der Waals surface area contributed by atoms with E-state index in [1.165, 1.54) is 13.8 Å². The van der Waals surface area contributed by atoms with E-state index in [9.17, 15) is 22.0 Å². The third-order valence-corrected chi connectivity index (χ3v) is 5.18. The Morgan fingerprint density at radius 1 is 1.28 bits per heavy atom. The Labute approximate surface area is 102 Å². The number of hydrogen-bond acceptors (Lipinski definition) is 4. The molecule has 0 saturated carbocycles. The van der Waals surface area contributed by atoms with E-state index < -0.39 is 38.0 Å². The summed E-state index contributed by atoms with van der Waals surface area (Å²) in [5, 5.41) is 0. The largest absolute Gasteiger partial charge is 0.397 e. The first-order valence-corrected chi connectivity index (χ1v) is 6.39. The predicted octanol–water partition coefficient (Wildman–Crippen LogP) is 1.00. The molecule has 5 nitrogen and oxygen atoms in total. The van der Waals surface area contributed by atoms with Crippen LogP contribution in [0.2, 0.25) is 0 Å². The highest BCUT2D eigenvalue weighted by Crippen LogP contribution is 2.42. The van der Waals surface area contributed by atoms with Gasteiger partial charge in [0.05, 0.1) is 5.69 Å². The van der Waals surface area contributed by atoms with Gasteiger partial charge in [-0.1, -0.05) is 0 Å². The van der Waals surface area contributed by atoms with E-state index in [1.54, 1.807) is 0 Å². The summed E-state index contributed by atoms with van der Waals surface area (Å²) in [4.78, 5) is 11.7. The fourth-order valence-corrected chi connectivity index (χ4v) is 3.14. The topological polar surface area (TPSA) is 80.5 Å². The highest BCUT2D eigenvalue weighted by Gasteiger charge is 2.62. The molecule has 18 heavy (non-hydrogen) atoms. The summed E-state index contributed by atoms with van der Waals surface area (Å²) in [5.74, 6) is -3.58. The van der Waals surface area contributed by atoms with Crippen molar-refractivity contribution in [2.75, 3.05) is 10.0 Å². The molecule has 8 heteroatoms. The number of nitrogens with zero attached hydrogens (tertiary/aromatic N) is 1. The molecule has 0 bridgehead atoms. The number of carbonyl (C=O) groups excluding carboxylic acids is 1. The van der Waals surface area contributed by atoms with Crippen molar-refractivity contribution < 1.29 is 22.0 Å². The van der Waals surface area contributed by atoms with E-state index >= 15 is 0 Å². The second-order valence-corrected chi connectivity index (χ2v) is 6.72. The normalized spacial score (nSPS) is 20.7. The maximum absolute atomic E-state index is 13.6. The Hall–Kier alpha value is -1.70. The molecule has 0 atom stereocenters. The standard InChI is InChI=1S/C10H10F2N2O3S/c1-10(2)9(15)14(18(10,16)17)8-6(13)4-3-5(11)7(8)12/h3-4H,13H2,1-2H3. The molecule has 0 aliphatic carbocycles. The summed E-state index contributed by atoms with van der Waals surface area (Å²) in [5.41, 5.74) is 4.34. The van der Waals surface area contributed by atoms with Crippen LogP contribution in [0.15, 0.2) is 12.1 Å². The van der Waals surface area contributed by atoms with Gasteiger partial charge in [-0.15, -0.1) is 0 Å². The number of carbonyl (C=O) groups is 1. The van der Waals surface area contributed by atoms with Crippen molar-refractivity contribution in [3.63, 3.8) is 0 Å². The smallest absolute Gasteiger partial charge is 0.263 e. The van der Waals surface area contributed by atoms with Crippen molar-refractivity contribution in [1.82, 2.24) is 0 Å². The quantitative estimate of drug-likeness (QED) is 0.776. The molecular formula is C10H10F2N2O3S. The summed E-state index contributed by atoms with van der Waals surface area (Å²) in [7, 11) is -4.07. The van der Waals surface area contributed by atoms with Gasteiger partial charge in [-0.05, 0) is 26.0 Å². The van der Waals surface area contributed by atoms with E-state index in [0.29, 0.717) is 0 Å². The van der Waals surface area contributed by atoms with Crippen LogP contribution in [-0.2, 0) is 14.8 Å². The number of sulfonamides is 1. The van der Waals surface area contributed by atoms with Crippen molar-refractivity contribution in [3.8, 4) is 0 Å². The first-order chi connectivity index (χ1) is 8.12. The minimum absolute atomic E-state index is 0.209. The van der Waals surface area contributed by atoms with E-state index in [-0.39, 0.29) is 9.99 Å². The summed E-state index contributed by atoms with van der Waals surface area (Å²) in [6.45, 7) is 2.38. The van der Waals surface area contributed by atoms with Crippen LogP contribution in [0.25, 0.3) is 0 Å². The van der Waals surface area contributed by atoms with Gasteiger partial charge in [0, 0.05) is 0 Å². The molecule has 2 N–H and O–H groups in total. The molecule has 1 heterocycles. The number of rotatable bonds is 1. The molecule has 1 saturated heterocycles. The van der Waals surface area contributed by atoms with Gasteiger partial charge in [0.15, 0.2) is 16.4 Å². The molecule has 1 fully saturated rings. The number of anilines is 2. The average Bonchev–Trinajstić information content (AvgIpc) is 2.28. The molecule has 0 unspecified atom stereocenters. The van der Waals surface area contributed by atoms with Crippen molar-refractivity contribution in [3.05, 3.63) is 23.8 Å². The lowest BCUT2D eigenvalue weighted by Crippen LogP contribution is -2.68. The second kappa shape index (κ2) is 3.41. The van der Waals surface area contributed by atoms with Crippen molar-refractivity contribution in [2.45, 2.75) is 18.6 Å². The van der Waals surface area contributed by atoms with E-state index in [4.69, 9.17) is 5.73 Å². The lowest BCUT2D eigenvalue weighted by atomic mass is 10.1.